The number of phenols is 1. The third-order valence-electron chi connectivity index (χ3n) is 4.11. The van der Waals surface area contributed by atoms with Crippen LogP contribution in [0, 0.1) is 0 Å². The maximum absolute atomic E-state index is 9.99. The Morgan fingerprint density at radius 1 is 1.24 bits per heavy atom. The lowest BCUT2D eigenvalue weighted by Crippen LogP contribution is -2.24. The van der Waals surface area contributed by atoms with Crippen molar-refractivity contribution in [2.24, 2.45) is 0 Å². The fourth-order valence-electron chi connectivity index (χ4n) is 2.95. The zero-order chi connectivity index (χ0) is 15.0. The van der Waals surface area contributed by atoms with Crippen molar-refractivity contribution in [3.63, 3.8) is 0 Å². The molecule has 0 aromatic heterocycles. The molecule has 0 fully saturated rings. The van der Waals surface area contributed by atoms with Gasteiger partial charge in [0, 0.05) is 23.5 Å². The zero-order valence-corrected chi connectivity index (χ0v) is 14.2. The van der Waals surface area contributed by atoms with Gasteiger partial charge in [0.25, 0.3) is 0 Å². The van der Waals surface area contributed by atoms with Crippen LogP contribution in [0.25, 0.3) is 0 Å². The summed E-state index contributed by atoms with van der Waals surface area (Å²) in [5.74, 6) is 0.422. The van der Waals surface area contributed by atoms with E-state index in [-0.39, 0.29) is 11.7 Å². The molecule has 1 N–H and O–H groups in total. The molecule has 0 amide bonds. The summed E-state index contributed by atoms with van der Waals surface area (Å²) >= 11 is 9.56. The Balaban J connectivity index is 2.11. The van der Waals surface area contributed by atoms with E-state index in [0.29, 0.717) is 5.02 Å². The molecule has 1 aliphatic heterocycles. The minimum absolute atomic E-state index is 0.169. The Kier molecular flexibility index (Phi) is 4.25. The van der Waals surface area contributed by atoms with Crippen molar-refractivity contribution in [2.75, 3.05) is 20.1 Å². The molecule has 0 bridgehead atoms. The molecule has 110 valence electrons. The van der Waals surface area contributed by atoms with Crippen molar-refractivity contribution in [3.8, 4) is 5.75 Å². The predicted molar refractivity (Wildman–Crippen MR) is 90.3 cm³/mol. The Labute approximate surface area is 138 Å². The van der Waals surface area contributed by atoms with E-state index in [2.05, 4.69) is 52.1 Å². The molecule has 0 spiro atoms. The Morgan fingerprint density at radius 2 is 1.95 bits per heavy atom. The average molecular weight is 367 g/mol. The quantitative estimate of drug-likeness (QED) is 0.807. The highest BCUT2D eigenvalue weighted by atomic mass is 79.9. The van der Waals surface area contributed by atoms with Crippen LogP contribution in [0.15, 0.2) is 40.9 Å². The van der Waals surface area contributed by atoms with Crippen molar-refractivity contribution in [3.05, 3.63) is 62.6 Å². The first-order chi connectivity index (χ1) is 10.0. The maximum atomic E-state index is 9.99. The smallest absolute Gasteiger partial charge is 0.134 e. The lowest BCUT2D eigenvalue weighted by molar-refractivity contribution is 0.338. The topological polar surface area (TPSA) is 23.5 Å². The molecule has 1 heterocycles. The van der Waals surface area contributed by atoms with Crippen LogP contribution in [-0.4, -0.2) is 30.1 Å². The molecular formula is C17H17BrClNO. The lowest BCUT2D eigenvalue weighted by Gasteiger charge is -2.22. The van der Waals surface area contributed by atoms with E-state index in [4.69, 9.17) is 11.6 Å². The van der Waals surface area contributed by atoms with Gasteiger partial charge in [-0.2, -0.15) is 0 Å². The molecule has 0 radical (unpaired) electrons. The van der Waals surface area contributed by atoms with Gasteiger partial charge in [0.1, 0.15) is 5.75 Å². The number of fused-ring (bicyclic) bond motifs is 1. The van der Waals surface area contributed by atoms with E-state index in [1.807, 2.05) is 12.1 Å². The summed E-state index contributed by atoms with van der Waals surface area (Å²) in [6.45, 7) is 1.94. The molecule has 1 atom stereocenters. The number of phenolic OH excluding ortho intramolecular Hbond substituents is 1. The van der Waals surface area contributed by atoms with Gasteiger partial charge in [0.05, 0.1) is 5.02 Å². The number of benzene rings is 2. The van der Waals surface area contributed by atoms with Crippen LogP contribution in [0.2, 0.25) is 5.02 Å². The number of likely N-dealkylation sites (N-methyl/N-ethyl adjacent to an activating group) is 1. The fourth-order valence-corrected chi connectivity index (χ4v) is 3.40. The van der Waals surface area contributed by atoms with Gasteiger partial charge >= 0.3 is 0 Å². The SMILES string of the molecule is CN1CCc2cc(Cl)c(O)cc2[C@@H](c2ccc(Br)cc2)C1. The molecule has 0 saturated carbocycles. The molecule has 0 saturated heterocycles. The number of hydrogen-bond acceptors (Lipinski definition) is 2. The van der Waals surface area contributed by atoms with Crippen molar-refractivity contribution >= 4 is 27.5 Å². The van der Waals surface area contributed by atoms with Crippen LogP contribution < -0.4 is 0 Å². The van der Waals surface area contributed by atoms with Gasteiger partial charge < -0.3 is 10.0 Å². The Bertz CT molecular complexity index is 657. The van der Waals surface area contributed by atoms with Crippen LogP contribution in [0.1, 0.15) is 22.6 Å². The van der Waals surface area contributed by atoms with Crippen LogP contribution in [-0.2, 0) is 6.42 Å². The van der Waals surface area contributed by atoms with Crippen molar-refractivity contribution in [1.82, 2.24) is 4.90 Å². The minimum atomic E-state index is 0.169. The summed E-state index contributed by atoms with van der Waals surface area (Å²) in [6.07, 6.45) is 0.957. The van der Waals surface area contributed by atoms with Gasteiger partial charge in [0.15, 0.2) is 0 Å². The second-order valence-electron chi connectivity index (χ2n) is 5.62. The van der Waals surface area contributed by atoms with Crippen molar-refractivity contribution in [2.45, 2.75) is 12.3 Å². The van der Waals surface area contributed by atoms with E-state index >= 15 is 0 Å². The third kappa shape index (κ3) is 3.10. The monoisotopic (exact) mass is 365 g/mol. The summed E-state index contributed by atoms with van der Waals surface area (Å²) < 4.78 is 1.08. The molecule has 0 aliphatic carbocycles. The van der Waals surface area contributed by atoms with Gasteiger partial charge in [-0.1, -0.05) is 39.7 Å². The molecule has 21 heavy (non-hydrogen) atoms. The highest BCUT2D eigenvalue weighted by molar-refractivity contribution is 9.10. The highest BCUT2D eigenvalue weighted by Gasteiger charge is 2.24. The summed E-state index contributed by atoms with van der Waals surface area (Å²) in [7, 11) is 2.14. The van der Waals surface area contributed by atoms with Crippen LogP contribution in [0.3, 0.4) is 0 Å². The van der Waals surface area contributed by atoms with Gasteiger partial charge in [-0.05, 0) is 54.4 Å². The number of nitrogens with zero attached hydrogens (tertiary/aromatic N) is 1. The Hall–Kier alpha value is -1.03. The first kappa shape index (κ1) is 14.9. The molecule has 2 aromatic rings. The summed E-state index contributed by atoms with van der Waals surface area (Å²) in [6, 6.07) is 12.2. The lowest BCUT2D eigenvalue weighted by atomic mass is 9.88. The van der Waals surface area contributed by atoms with Crippen molar-refractivity contribution in [1.29, 1.82) is 0 Å². The van der Waals surface area contributed by atoms with E-state index in [0.717, 1.165) is 24.0 Å². The van der Waals surface area contributed by atoms with E-state index < -0.39 is 0 Å². The molecule has 2 nitrogen and oxygen atoms in total. The number of halogens is 2. The maximum Gasteiger partial charge on any atom is 0.134 e. The van der Waals surface area contributed by atoms with Gasteiger partial charge in [-0.15, -0.1) is 0 Å². The fraction of sp³-hybridized carbons (Fsp3) is 0.294. The first-order valence-electron chi connectivity index (χ1n) is 7.00. The van der Waals surface area contributed by atoms with E-state index in [1.54, 1.807) is 0 Å². The third-order valence-corrected chi connectivity index (χ3v) is 4.94. The van der Waals surface area contributed by atoms with Crippen LogP contribution in [0.4, 0.5) is 0 Å². The molecule has 1 aliphatic rings. The predicted octanol–water partition coefficient (Wildman–Crippen LogP) is 4.43. The van der Waals surface area contributed by atoms with E-state index in [1.165, 1.54) is 16.7 Å². The van der Waals surface area contributed by atoms with Crippen LogP contribution in [0.5, 0.6) is 5.75 Å². The molecule has 4 heteroatoms. The standard InChI is InChI=1S/C17H17BrClNO/c1-20-7-6-12-8-16(19)17(21)9-14(12)15(10-20)11-2-4-13(18)5-3-11/h2-5,8-9,15,21H,6-7,10H2,1H3/t15-/m1/s1. The van der Waals surface area contributed by atoms with Crippen LogP contribution >= 0.6 is 27.5 Å². The largest absolute Gasteiger partial charge is 0.506 e. The van der Waals surface area contributed by atoms with E-state index in [9.17, 15) is 5.11 Å². The second-order valence-corrected chi connectivity index (χ2v) is 6.94. The minimum Gasteiger partial charge on any atom is -0.506 e. The average Bonchev–Trinajstić information content (AvgIpc) is 2.61. The van der Waals surface area contributed by atoms with Gasteiger partial charge in [-0.3, -0.25) is 0 Å². The summed E-state index contributed by atoms with van der Waals surface area (Å²) in [4.78, 5) is 2.33. The summed E-state index contributed by atoms with van der Waals surface area (Å²) in [5.41, 5.74) is 3.67. The van der Waals surface area contributed by atoms with Gasteiger partial charge in [0.2, 0.25) is 0 Å². The molecule has 2 aromatic carbocycles. The van der Waals surface area contributed by atoms with Crippen molar-refractivity contribution < 1.29 is 5.11 Å². The normalized spacial score (nSPS) is 19.1. The zero-order valence-electron chi connectivity index (χ0n) is 11.8. The number of hydrogen-bond donors (Lipinski definition) is 1. The molecular weight excluding hydrogens is 350 g/mol. The highest BCUT2D eigenvalue weighted by Crippen LogP contribution is 2.36. The first-order valence-corrected chi connectivity index (χ1v) is 8.17. The Morgan fingerprint density at radius 3 is 2.67 bits per heavy atom. The second kappa shape index (κ2) is 5.99. The summed E-state index contributed by atoms with van der Waals surface area (Å²) in [5, 5.41) is 10.4. The van der Waals surface area contributed by atoms with Gasteiger partial charge in [-0.25, -0.2) is 0 Å². The number of aromatic hydroxyl groups is 1. The molecule has 3 rings (SSSR count). The molecule has 0 unspecified atom stereocenters. The number of rotatable bonds is 1.